The van der Waals surface area contributed by atoms with Gasteiger partial charge in [-0.3, -0.25) is 4.79 Å². The third-order valence-corrected chi connectivity index (χ3v) is 7.12. The highest BCUT2D eigenvalue weighted by Crippen LogP contribution is 2.33. The lowest BCUT2D eigenvalue weighted by Crippen LogP contribution is -2.18. The second-order valence-electron chi connectivity index (χ2n) is 7.60. The molecule has 0 atom stereocenters. The number of nitrogens with zero attached hydrogens (tertiary/aromatic N) is 5. The lowest BCUT2D eigenvalue weighted by molar-refractivity contribution is 0.624. The molecule has 9 heteroatoms. The highest BCUT2D eigenvalue weighted by Gasteiger charge is 2.20. The Hall–Kier alpha value is -2.84. The summed E-state index contributed by atoms with van der Waals surface area (Å²) in [5, 5.41) is 9.89. The molecule has 5 rings (SSSR count). The van der Waals surface area contributed by atoms with E-state index < -0.39 is 0 Å². The van der Waals surface area contributed by atoms with E-state index in [-0.39, 0.29) is 11.4 Å². The van der Waals surface area contributed by atoms with Crippen molar-refractivity contribution in [3.05, 3.63) is 79.2 Å². The van der Waals surface area contributed by atoms with E-state index in [1.54, 1.807) is 34.4 Å². The second kappa shape index (κ2) is 8.01. The van der Waals surface area contributed by atoms with Gasteiger partial charge in [0.05, 0.1) is 29.4 Å². The maximum atomic E-state index is 13.1. The number of aryl methyl sites for hydroxylation is 3. The van der Waals surface area contributed by atoms with Gasteiger partial charge in [0, 0.05) is 4.88 Å². The minimum atomic E-state index is -0.290. The summed E-state index contributed by atoms with van der Waals surface area (Å²) in [6, 6.07) is 6.19. The molecule has 0 unspecified atom stereocenters. The van der Waals surface area contributed by atoms with Crippen LogP contribution in [0.4, 0.5) is 4.39 Å². The van der Waals surface area contributed by atoms with Crippen LogP contribution in [0.2, 0.25) is 5.15 Å². The Morgan fingerprint density at radius 1 is 1.26 bits per heavy atom. The van der Waals surface area contributed by atoms with Crippen LogP contribution in [-0.2, 0) is 19.4 Å². The quantitative estimate of drug-likeness (QED) is 0.423. The molecule has 0 fully saturated rings. The third kappa shape index (κ3) is 3.70. The standard InChI is InChI=1S/C22H19ClFN5OS/c1-13-17(20(23)28(27-13)11-14-6-8-15(24)9-7-14)10-26-29-12-25-21-19(22(29)30)16-4-2-3-5-18(16)31-21/h6-10,12H,2-5,11H2,1H3/b26-10+. The largest absolute Gasteiger partial charge is 0.282 e. The molecule has 4 aromatic rings. The van der Waals surface area contributed by atoms with Crippen molar-refractivity contribution in [2.24, 2.45) is 5.10 Å². The first kappa shape index (κ1) is 20.1. The Morgan fingerprint density at radius 2 is 2.03 bits per heavy atom. The van der Waals surface area contributed by atoms with Gasteiger partial charge in [0.25, 0.3) is 5.56 Å². The van der Waals surface area contributed by atoms with Crippen molar-refractivity contribution >= 4 is 39.4 Å². The van der Waals surface area contributed by atoms with Gasteiger partial charge in [0.15, 0.2) is 0 Å². The fraction of sp³-hybridized carbons (Fsp3) is 0.273. The summed E-state index contributed by atoms with van der Waals surface area (Å²) >= 11 is 8.14. The summed E-state index contributed by atoms with van der Waals surface area (Å²) in [5.41, 5.74) is 3.17. The molecule has 0 radical (unpaired) electrons. The summed E-state index contributed by atoms with van der Waals surface area (Å²) in [7, 11) is 0. The maximum Gasteiger partial charge on any atom is 0.282 e. The zero-order valence-electron chi connectivity index (χ0n) is 16.8. The molecule has 0 spiro atoms. The Morgan fingerprint density at radius 3 is 2.84 bits per heavy atom. The summed E-state index contributed by atoms with van der Waals surface area (Å²) in [6.45, 7) is 2.23. The third-order valence-electron chi connectivity index (χ3n) is 5.53. The number of halogens is 2. The molecular formula is C22H19ClFN5OS. The van der Waals surface area contributed by atoms with Gasteiger partial charge >= 0.3 is 0 Å². The summed E-state index contributed by atoms with van der Waals surface area (Å²) in [5.74, 6) is -0.290. The van der Waals surface area contributed by atoms with Crippen molar-refractivity contribution in [3.8, 4) is 0 Å². The van der Waals surface area contributed by atoms with Crippen LogP contribution in [0.5, 0.6) is 0 Å². The molecule has 1 aliphatic rings. The Bertz CT molecular complexity index is 1370. The van der Waals surface area contributed by atoms with Gasteiger partial charge in [-0.25, -0.2) is 14.1 Å². The number of fused-ring (bicyclic) bond motifs is 3. The van der Waals surface area contributed by atoms with Crippen LogP contribution in [0.3, 0.4) is 0 Å². The van der Waals surface area contributed by atoms with E-state index in [1.807, 2.05) is 6.92 Å². The molecule has 6 nitrogen and oxygen atoms in total. The van der Waals surface area contributed by atoms with Gasteiger partial charge in [-0.2, -0.15) is 14.9 Å². The summed E-state index contributed by atoms with van der Waals surface area (Å²) in [4.78, 5) is 19.6. The van der Waals surface area contributed by atoms with Crippen LogP contribution in [0.25, 0.3) is 10.2 Å². The van der Waals surface area contributed by atoms with Crippen molar-refractivity contribution in [3.63, 3.8) is 0 Å². The molecular weight excluding hydrogens is 437 g/mol. The number of aromatic nitrogens is 4. The topological polar surface area (TPSA) is 65.1 Å². The molecule has 0 saturated carbocycles. The van der Waals surface area contributed by atoms with E-state index >= 15 is 0 Å². The van der Waals surface area contributed by atoms with Gasteiger partial charge < -0.3 is 0 Å². The lowest BCUT2D eigenvalue weighted by atomic mass is 9.97. The first-order chi connectivity index (χ1) is 15.0. The first-order valence-corrected chi connectivity index (χ1v) is 11.2. The smallest absolute Gasteiger partial charge is 0.267 e. The van der Waals surface area contributed by atoms with Crippen LogP contribution < -0.4 is 5.56 Å². The number of hydrogen-bond donors (Lipinski definition) is 0. The Kier molecular flexibility index (Phi) is 5.19. The number of rotatable bonds is 4. The van der Waals surface area contributed by atoms with Crippen molar-refractivity contribution in [2.45, 2.75) is 39.2 Å². The molecule has 158 valence electrons. The first-order valence-electron chi connectivity index (χ1n) is 10.0. The van der Waals surface area contributed by atoms with Crippen LogP contribution in [0, 0.1) is 12.7 Å². The summed E-state index contributed by atoms with van der Waals surface area (Å²) < 4.78 is 16.0. The normalized spacial score (nSPS) is 13.9. The molecule has 31 heavy (non-hydrogen) atoms. The van der Waals surface area contributed by atoms with Gasteiger partial charge in [-0.05, 0) is 55.9 Å². The van der Waals surface area contributed by atoms with Gasteiger partial charge in [0.2, 0.25) is 0 Å². The highest BCUT2D eigenvalue weighted by atomic mass is 35.5. The monoisotopic (exact) mass is 455 g/mol. The molecule has 3 heterocycles. The molecule has 0 saturated heterocycles. The SMILES string of the molecule is Cc1nn(Cc2ccc(F)cc2)c(Cl)c1/C=N/n1cnc2sc3c(c2c1=O)CCCC3. The maximum absolute atomic E-state index is 13.1. The average Bonchev–Trinajstić information content (AvgIpc) is 3.27. The highest BCUT2D eigenvalue weighted by molar-refractivity contribution is 7.18. The van der Waals surface area contributed by atoms with Gasteiger partial charge in [0.1, 0.15) is 22.1 Å². The van der Waals surface area contributed by atoms with Crippen LogP contribution >= 0.6 is 22.9 Å². The van der Waals surface area contributed by atoms with Gasteiger partial charge in [-0.1, -0.05) is 23.7 Å². The molecule has 0 N–H and O–H groups in total. The molecule has 1 aliphatic carbocycles. The van der Waals surface area contributed by atoms with Crippen LogP contribution in [0.15, 0.2) is 40.5 Å². The molecule has 0 amide bonds. The van der Waals surface area contributed by atoms with E-state index in [4.69, 9.17) is 11.6 Å². The zero-order valence-corrected chi connectivity index (χ0v) is 18.4. The van der Waals surface area contributed by atoms with E-state index in [2.05, 4.69) is 15.2 Å². The fourth-order valence-corrected chi connectivity index (χ4v) is 5.42. The zero-order chi connectivity index (χ0) is 21.5. The predicted octanol–water partition coefficient (Wildman–Crippen LogP) is 4.56. The van der Waals surface area contributed by atoms with Crippen molar-refractivity contribution in [2.75, 3.05) is 0 Å². The number of benzene rings is 1. The fourth-order valence-electron chi connectivity index (χ4n) is 3.92. The summed E-state index contributed by atoms with van der Waals surface area (Å²) in [6.07, 6.45) is 7.18. The molecule has 3 aromatic heterocycles. The van der Waals surface area contributed by atoms with E-state index in [9.17, 15) is 9.18 Å². The van der Waals surface area contributed by atoms with Crippen molar-refractivity contribution in [1.29, 1.82) is 0 Å². The molecule has 1 aromatic carbocycles. The van der Waals surface area contributed by atoms with Crippen molar-refractivity contribution in [1.82, 2.24) is 19.4 Å². The average molecular weight is 456 g/mol. The predicted molar refractivity (Wildman–Crippen MR) is 121 cm³/mol. The van der Waals surface area contributed by atoms with Crippen molar-refractivity contribution < 1.29 is 4.39 Å². The second-order valence-corrected chi connectivity index (χ2v) is 9.05. The minimum Gasteiger partial charge on any atom is -0.267 e. The van der Waals surface area contributed by atoms with Crippen LogP contribution in [-0.4, -0.2) is 25.7 Å². The van der Waals surface area contributed by atoms with Gasteiger partial charge in [-0.15, -0.1) is 11.3 Å². The molecule has 0 bridgehead atoms. The Balaban J connectivity index is 1.47. The van der Waals surface area contributed by atoms with E-state index in [0.717, 1.165) is 41.6 Å². The van der Waals surface area contributed by atoms with Crippen LogP contribution in [0.1, 0.15) is 40.1 Å². The van der Waals surface area contributed by atoms with E-state index in [1.165, 1.54) is 28.0 Å². The Labute approximate surface area is 186 Å². The number of hydrogen-bond acceptors (Lipinski definition) is 5. The minimum absolute atomic E-state index is 0.159. The van der Waals surface area contributed by atoms with E-state index in [0.29, 0.717) is 28.3 Å². The lowest BCUT2D eigenvalue weighted by Gasteiger charge is -2.09. The number of thiophene rings is 1. The molecule has 0 aliphatic heterocycles.